The third kappa shape index (κ3) is 7.32. The molecule has 1 aliphatic carbocycles. The van der Waals surface area contributed by atoms with E-state index in [0.717, 1.165) is 37.5 Å². The maximum Gasteiger partial charge on any atom is 0.204 e. The van der Waals surface area contributed by atoms with Gasteiger partial charge in [-0.15, -0.1) is 0 Å². The highest BCUT2D eigenvalue weighted by Crippen LogP contribution is 2.35. The van der Waals surface area contributed by atoms with Gasteiger partial charge in [0.25, 0.3) is 0 Å². The maximum absolute atomic E-state index is 12.5. The van der Waals surface area contributed by atoms with E-state index in [1.54, 1.807) is 0 Å². The molecule has 0 radical (unpaired) electrons. The molecule has 3 unspecified atom stereocenters. The standard InChI is InChI=1S/C24H36O5/c1-16(10-8-12-18(3)15-25)9-7-11-17(2)13-14-20-19(4)21(26)23(28-5)24(29-6)22(20)27/h9,12-13,15,19-20,22,27H,7-8,10-11,14H2,1-6H3. The molecule has 0 fully saturated rings. The fourth-order valence-corrected chi connectivity index (χ4v) is 3.54. The number of aldehydes is 1. The van der Waals surface area contributed by atoms with E-state index in [2.05, 4.69) is 26.0 Å². The summed E-state index contributed by atoms with van der Waals surface area (Å²) in [6.45, 7) is 7.84. The second kappa shape index (κ2) is 12.4. The van der Waals surface area contributed by atoms with Crippen molar-refractivity contribution in [2.75, 3.05) is 14.2 Å². The minimum atomic E-state index is -0.850. The maximum atomic E-state index is 12.5. The number of hydrogen-bond acceptors (Lipinski definition) is 5. The Balaban J connectivity index is 2.62. The summed E-state index contributed by atoms with van der Waals surface area (Å²) in [6, 6.07) is 0. The van der Waals surface area contributed by atoms with Gasteiger partial charge in [0.2, 0.25) is 11.5 Å². The van der Waals surface area contributed by atoms with Crippen LogP contribution in [0.3, 0.4) is 0 Å². The van der Waals surface area contributed by atoms with Crippen LogP contribution >= 0.6 is 0 Å². The molecule has 0 saturated heterocycles. The zero-order chi connectivity index (χ0) is 22.0. The molecule has 0 aromatic carbocycles. The van der Waals surface area contributed by atoms with Crippen LogP contribution in [0.2, 0.25) is 0 Å². The van der Waals surface area contributed by atoms with Gasteiger partial charge in [-0.3, -0.25) is 9.59 Å². The molecule has 162 valence electrons. The molecule has 0 heterocycles. The van der Waals surface area contributed by atoms with Crippen molar-refractivity contribution in [1.82, 2.24) is 0 Å². The summed E-state index contributed by atoms with van der Waals surface area (Å²) in [7, 11) is 2.87. The van der Waals surface area contributed by atoms with Gasteiger partial charge in [0.05, 0.1) is 14.2 Å². The fraction of sp³-hybridized carbons (Fsp3) is 0.583. The van der Waals surface area contributed by atoms with E-state index in [-0.39, 0.29) is 29.1 Å². The number of methoxy groups -OCH3 is 2. The van der Waals surface area contributed by atoms with Crippen molar-refractivity contribution < 1.29 is 24.2 Å². The van der Waals surface area contributed by atoms with E-state index >= 15 is 0 Å². The second-order valence-electron chi connectivity index (χ2n) is 7.84. The summed E-state index contributed by atoms with van der Waals surface area (Å²) < 4.78 is 10.4. The molecular weight excluding hydrogens is 368 g/mol. The summed E-state index contributed by atoms with van der Waals surface area (Å²) in [5.74, 6) is -0.320. The number of ketones is 1. The van der Waals surface area contributed by atoms with E-state index < -0.39 is 6.10 Å². The first-order chi connectivity index (χ1) is 13.8. The first-order valence-corrected chi connectivity index (χ1v) is 10.2. The summed E-state index contributed by atoms with van der Waals surface area (Å²) in [5.41, 5.74) is 3.33. The molecule has 29 heavy (non-hydrogen) atoms. The number of rotatable bonds is 11. The highest BCUT2D eigenvalue weighted by Gasteiger charge is 2.42. The highest BCUT2D eigenvalue weighted by molar-refractivity contribution is 5.97. The second-order valence-corrected chi connectivity index (χ2v) is 7.84. The van der Waals surface area contributed by atoms with Crippen LogP contribution in [0.1, 0.15) is 59.8 Å². The molecule has 0 amide bonds. The minimum absolute atomic E-state index is 0.122. The molecule has 1 rings (SSSR count). The SMILES string of the molecule is COC1=C(OC)C(O)C(CC=C(C)CCC=C(C)CCC=C(C)C=O)C(C)C1=O. The van der Waals surface area contributed by atoms with Gasteiger partial charge in [0.15, 0.2) is 5.76 Å². The predicted molar refractivity (Wildman–Crippen MR) is 115 cm³/mol. The largest absolute Gasteiger partial charge is 0.494 e. The van der Waals surface area contributed by atoms with Crippen molar-refractivity contribution in [3.63, 3.8) is 0 Å². The number of Topliss-reactive ketones (excluding diaryl/α,β-unsaturated/α-hetero) is 1. The Bertz CT molecular complexity index is 696. The third-order valence-electron chi connectivity index (χ3n) is 5.56. The third-order valence-corrected chi connectivity index (χ3v) is 5.56. The summed E-state index contributed by atoms with van der Waals surface area (Å²) in [4.78, 5) is 23.1. The number of aliphatic hydroxyl groups is 1. The lowest BCUT2D eigenvalue weighted by Gasteiger charge is -2.33. The molecule has 0 saturated carbocycles. The Kier molecular flexibility index (Phi) is 10.7. The summed E-state index contributed by atoms with van der Waals surface area (Å²) >= 11 is 0. The molecule has 0 aliphatic heterocycles. The van der Waals surface area contributed by atoms with Gasteiger partial charge < -0.3 is 14.6 Å². The first kappa shape index (κ1) is 24.9. The number of aliphatic hydroxyl groups excluding tert-OH is 1. The van der Waals surface area contributed by atoms with Gasteiger partial charge in [-0.1, -0.05) is 36.3 Å². The Labute approximate surface area is 175 Å². The Hall–Kier alpha value is -2.14. The lowest BCUT2D eigenvalue weighted by Crippen LogP contribution is -2.40. The van der Waals surface area contributed by atoms with Crippen LogP contribution in [0.15, 0.2) is 46.5 Å². The Morgan fingerprint density at radius 3 is 2.14 bits per heavy atom. The lowest BCUT2D eigenvalue weighted by atomic mass is 9.77. The molecule has 0 spiro atoms. The van der Waals surface area contributed by atoms with Crippen molar-refractivity contribution in [3.8, 4) is 0 Å². The van der Waals surface area contributed by atoms with Crippen LogP contribution in [0.5, 0.6) is 0 Å². The van der Waals surface area contributed by atoms with E-state index in [1.807, 2.05) is 19.9 Å². The van der Waals surface area contributed by atoms with E-state index in [1.165, 1.54) is 25.4 Å². The average molecular weight is 405 g/mol. The predicted octanol–water partition coefficient (Wildman–Crippen LogP) is 4.68. The minimum Gasteiger partial charge on any atom is -0.494 e. The smallest absolute Gasteiger partial charge is 0.204 e. The molecule has 0 bridgehead atoms. The zero-order valence-corrected chi connectivity index (χ0v) is 18.7. The quantitative estimate of drug-likeness (QED) is 0.308. The number of carbonyl (C=O) groups is 2. The first-order valence-electron chi connectivity index (χ1n) is 10.2. The van der Waals surface area contributed by atoms with Crippen LogP contribution in [-0.4, -0.2) is 37.5 Å². The molecule has 1 N–H and O–H groups in total. The van der Waals surface area contributed by atoms with Gasteiger partial charge in [0, 0.05) is 11.8 Å². The van der Waals surface area contributed by atoms with Crippen LogP contribution in [0.25, 0.3) is 0 Å². The number of ether oxygens (including phenoxy) is 2. The summed E-state index contributed by atoms with van der Waals surface area (Å²) in [6.07, 6.45) is 10.7. The van der Waals surface area contributed by atoms with Crippen LogP contribution in [-0.2, 0) is 19.1 Å². The van der Waals surface area contributed by atoms with Crippen molar-refractivity contribution >= 4 is 12.1 Å². The summed E-state index contributed by atoms with van der Waals surface area (Å²) in [5, 5.41) is 10.6. The van der Waals surface area contributed by atoms with E-state index in [9.17, 15) is 14.7 Å². The van der Waals surface area contributed by atoms with Gasteiger partial charge in [-0.2, -0.15) is 0 Å². The van der Waals surface area contributed by atoms with Crippen molar-refractivity contribution in [2.45, 2.75) is 65.9 Å². The zero-order valence-electron chi connectivity index (χ0n) is 18.7. The molecule has 3 atom stereocenters. The highest BCUT2D eigenvalue weighted by atomic mass is 16.5. The van der Waals surface area contributed by atoms with Gasteiger partial charge in [0.1, 0.15) is 12.4 Å². The average Bonchev–Trinajstić information content (AvgIpc) is 2.70. The van der Waals surface area contributed by atoms with Crippen molar-refractivity contribution in [3.05, 3.63) is 46.5 Å². The van der Waals surface area contributed by atoms with Crippen molar-refractivity contribution in [1.29, 1.82) is 0 Å². The lowest BCUT2D eigenvalue weighted by molar-refractivity contribution is -0.128. The van der Waals surface area contributed by atoms with Crippen LogP contribution in [0, 0.1) is 11.8 Å². The number of allylic oxidation sites excluding steroid dienone is 7. The molecule has 5 nitrogen and oxygen atoms in total. The van der Waals surface area contributed by atoms with Gasteiger partial charge >= 0.3 is 0 Å². The molecule has 0 aromatic rings. The van der Waals surface area contributed by atoms with Crippen LogP contribution in [0.4, 0.5) is 0 Å². The van der Waals surface area contributed by atoms with E-state index in [4.69, 9.17) is 9.47 Å². The number of carbonyl (C=O) groups excluding carboxylic acids is 2. The number of hydrogen-bond donors (Lipinski definition) is 1. The van der Waals surface area contributed by atoms with Crippen LogP contribution < -0.4 is 0 Å². The topological polar surface area (TPSA) is 72.8 Å². The molecular formula is C24H36O5. The molecule has 1 aliphatic rings. The van der Waals surface area contributed by atoms with Crippen molar-refractivity contribution in [2.24, 2.45) is 11.8 Å². The monoisotopic (exact) mass is 404 g/mol. The Morgan fingerprint density at radius 1 is 1.00 bits per heavy atom. The molecule has 5 heteroatoms. The Morgan fingerprint density at radius 2 is 1.59 bits per heavy atom. The van der Waals surface area contributed by atoms with Gasteiger partial charge in [-0.05, 0) is 58.4 Å². The van der Waals surface area contributed by atoms with E-state index in [0.29, 0.717) is 6.42 Å². The fourth-order valence-electron chi connectivity index (χ4n) is 3.54. The normalized spacial score (nSPS) is 24.0. The molecule has 0 aromatic heterocycles. The van der Waals surface area contributed by atoms with Gasteiger partial charge in [-0.25, -0.2) is 0 Å².